The van der Waals surface area contributed by atoms with Gasteiger partial charge in [-0.1, -0.05) is 13.8 Å². The van der Waals surface area contributed by atoms with E-state index in [1.54, 1.807) is 7.05 Å². The summed E-state index contributed by atoms with van der Waals surface area (Å²) in [4.78, 5) is 8.50. The van der Waals surface area contributed by atoms with Crippen molar-refractivity contribution in [1.29, 1.82) is 0 Å². The Balaban J connectivity index is 2.29. The van der Waals surface area contributed by atoms with Gasteiger partial charge in [0.25, 0.3) is 0 Å². The van der Waals surface area contributed by atoms with Gasteiger partial charge in [0, 0.05) is 13.6 Å². The Morgan fingerprint density at radius 2 is 2.05 bits per heavy atom. The topological polar surface area (TPSA) is 62.5 Å². The summed E-state index contributed by atoms with van der Waals surface area (Å²) in [6.45, 7) is 9.83. The van der Waals surface area contributed by atoms with Crippen LogP contribution in [0.1, 0.15) is 44.0 Å². The summed E-state index contributed by atoms with van der Waals surface area (Å²) < 4.78 is 5.51. The average Bonchev–Trinajstić information content (AvgIpc) is 2.67. The first kappa shape index (κ1) is 15.5. The molecule has 0 atom stereocenters. The Kier molecular flexibility index (Phi) is 6.39. The Bertz CT molecular complexity index is 390. The molecule has 2 N–H and O–H groups in total. The summed E-state index contributed by atoms with van der Waals surface area (Å²) in [6.07, 6.45) is 2.37. The molecule has 1 heterocycles. The number of aryl methyl sites for hydroxylation is 2. The minimum atomic E-state index is 0.554. The van der Waals surface area contributed by atoms with Crippen LogP contribution in [-0.4, -0.2) is 24.5 Å². The van der Waals surface area contributed by atoms with E-state index in [4.69, 9.17) is 4.42 Å². The summed E-state index contributed by atoms with van der Waals surface area (Å²) >= 11 is 0. The van der Waals surface area contributed by atoms with E-state index >= 15 is 0 Å². The number of guanidine groups is 1. The van der Waals surface area contributed by atoms with Gasteiger partial charge in [0.1, 0.15) is 5.76 Å². The molecule has 5 heteroatoms. The molecule has 0 fully saturated rings. The van der Waals surface area contributed by atoms with Gasteiger partial charge in [-0.15, -0.1) is 0 Å². The molecule has 0 aromatic carbocycles. The van der Waals surface area contributed by atoms with Crippen molar-refractivity contribution in [3.63, 3.8) is 0 Å². The van der Waals surface area contributed by atoms with Crippen molar-refractivity contribution in [3.05, 3.63) is 17.3 Å². The lowest BCUT2D eigenvalue weighted by atomic mass is 10.1. The Labute approximate surface area is 115 Å². The highest BCUT2D eigenvalue weighted by molar-refractivity contribution is 5.79. The SMILES string of the molecule is CN=C(NCCCC(C)C)NCc1nc(C)c(C)o1. The normalized spacial score (nSPS) is 12.0. The molecule has 5 nitrogen and oxygen atoms in total. The molecule has 1 aromatic heterocycles. The van der Waals surface area contributed by atoms with Crippen molar-refractivity contribution in [2.75, 3.05) is 13.6 Å². The fourth-order valence-electron chi connectivity index (χ4n) is 1.71. The minimum absolute atomic E-state index is 0.554. The third-order valence-corrected chi connectivity index (χ3v) is 2.95. The zero-order valence-electron chi connectivity index (χ0n) is 12.7. The van der Waals surface area contributed by atoms with Crippen LogP contribution < -0.4 is 10.6 Å². The smallest absolute Gasteiger partial charge is 0.214 e. The molecule has 0 spiro atoms. The van der Waals surface area contributed by atoms with Gasteiger partial charge >= 0.3 is 0 Å². The quantitative estimate of drug-likeness (QED) is 0.471. The van der Waals surface area contributed by atoms with E-state index in [1.807, 2.05) is 13.8 Å². The highest BCUT2D eigenvalue weighted by atomic mass is 16.4. The van der Waals surface area contributed by atoms with Crippen LogP contribution in [0.25, 0.3) is 0 Å². The Morgan fingerprint density at radius 1 is 1.32 bits per heavy atom. The van der Waals surface area contributed by atoms with Crippen LogP contribution in [0.4, 0.5) is 0 Å². The fraction of sp³-hybridized carbons (Fsp3) is 0.714. The molecular weight excluding hydrogens is 240 g/mol. The molecule has 0 aliphatic rings. The van der Waals surface area contributed by atoms with Crippen LogP contribution in [-0.2, 0) is 6.54 Å². The largest absolute Gasteiger partial charge is 0.444 e. The monoisotopic (exact) mass is 266 g/mol. The molecule has 0 aliphatic carbocycles. The third-order valence-electron chi connectivity index (χ3n) is 2.95. The number of rotatable bonds is 6. The summed E-state index contributed by atoms with van der Waals surface area (Å²) in [5.74, 6) is 3.10. The van der Waals surface area contributed by atoms with E-state index in [9.17, 15) is 0 Å². The first-order chi connectivity index (χ1) is 9.02. The number of oxazole rings is 1. The molecule has 0 unspecified atom stereocenters. The first-order valence-corrected chi connectivity index (χ1v) is 6.90. The molecule has 0 bridgehead atoms. The predicted octanol–water partition coefficient (Wildman–Crippen LogP) is 2.39. The number of nitrogens with zero attached hydrogens (tertiary/aromatic N) is 2. The van der Waals surface area contributed by atoms with Crippen molar-refractivity contribution >= 4 is 5.96 Å². The van der Waals surface area contributed by atoms with Crippen molar-refractivity contribution in [1.82, 2.24) is 15.6 Å². The first-order valence-electron chi connectivity index (χ1n) is 6.90. The Hall–Kier alpha value is -1.52. The van der Waals surface area contributed by atoms with E-state index in [0.717, 1.165) is 36.3 Å². The van der Waals surface area contributed by atoms with Crippen LogP contribution in [0.5, 0.6) is 0 Å². The van der Waals surface area contributed by atoms with E-state index in [0.29, 0.717) is 12.4 Å². The average molecular weight is 266 g/mol. The standard InChI is InChI=1S/C14H26N4O/c1-10(2)7-6-8-16-14(15-5)17-9-13-18-11(3)12(4)19-13/h10H,6-9H2,1-5H3,(H2,15,16,17). The van der Waals surface area contributed by atoms with E-state index in [2.05, 4.69) is 34.5 Å². The Morgan fingerprint density at radius 3 is 2.58 bits per heavy atom. The summed E-state index contributed by atoms with van der Waals surface area (Å²) in [7, 11) is 1.77. The van der Waals surface area contributed by atoms with Gasteiger partial charge in [0.15, 0.2) is 5.96 Å². The second-order valence-corrected chi connectivity index (χ2v) is 5.14. The number of aromatic nitrogens is 1. The van der Waals surface area contributed by atoms with Crippen LogP contribution >= 0.6 is 0 Å². The van der Waals surface area contributed by atoms with Gasteiger partial charge in [0.2, 0.25) is 5.89 Å². The van der Waals surface area contributed by atoms with E-state index in [1.165, 1.54) is 6.42 Å². The molecule has 0 radical (unpaired) electrons. The van der Waals surface area contributed by atoms with Crippen molar-refractivity contribution < 1.29 is 4.42 Å². The van der Waals surface area contributed by atoms with Crippen LogP contribution in [0.2, 0.25) is 0 Å². The fourth-order valence-corrected chi connectivity index (χ4v) is 1.71. The second-order valence-electron chi connectivity index (χ2n) is 5.14. The number of aliphatic imine (C=N–C) groups is 1. The maximum absolute atomic E-state index is 5.51. The van der Waals surface area contributed by atoms with Crippen molar-refractivity contribution in [2.24, 2.45) is 10.9 Å². The van der Waals surface area contributed by atoms with Gasteiger partial charge in [-0.25, -0.2) is 4.98 Å². The maximum atomic E-state index is 5.51. The van der Waals surface area contributed by atoms with Gasteiger partial charge in [-0.3, -0.25) is 4.99 Å². The zero-order chi connectivity index (χ0) is 14.3. The van der Waals surface area contributed by atoms with Crippen LogP contribution in [0.3, 0.4) is 0 Å². The molecule has 19 heavy (non-hydrogen) atoms. The lowest BCUT2D eigenvalue weighted by Crippen LogP contribution is -2.37. The van der Waals surface area contributed by atoms with Crippen LogP contribution in [0.15, 0.2) is 9.41 Å². The zero-order valence-corrected chi connectivity index (χ0v) is 12.7. The molecule has 0 saturated carbocycles. The summed E-state index contributed by atoms with van der Waals surface area (Å²) in [5.41, 5.74) is 0.941. The second kappa shape index (κ2) is 7.81. The van der Waals surface area contributed by atoms with Crippen LogP contribution in [0, 0.1) is 19.8 Å². The lowest BCUT2D eigenvalue weighted by molar-refractivity contribution is 0.463. The summed E-state index contributed by atoms with van der Waals surface area (Å²) in [5, 5.41) is 6.48. The predicted molar refractivity (Wildman–Crippen MR) is 78.3 cm³/mol. The van der Waals surface area contributed by atoms with Gasteiger partial charge in [0.05, 0.1) is 12.2 Å². The number of hydrogen-bond donors (Lipinski definition) is 2. The molecule has 1 aromatic rings. The van der Waals surface area contributed by atoms with Gasteiger partial charge in [-0.05, 0) is 32.6 Å². The number of nitrogens with one attached hydrogen (secondary N) is 2. The number of hydrogen-bond acceptors (Lipinski definition) is 3. The molecule has 0 aliphatic heterocycles. The molecule has 1 rings (SSSR count). The summed E-state index contributed by atoms with van der Waals surface area (Å²) in [6, 6.07) is 0. The van der Waals surface area contributed by atoms with E-state index in [-0.39, 0.29) is 0 Å². The lowest BCUT2D eigenvalue weighted by Gasteiger charge is -2.11. The van der Waals surface area contributed by atoms with E-state index < -0.39 is 0 Å². The molecule has 108 valence electrons. The molecule has 0 amide bonds. The van der Waals surface area contributed by atoms with Crippen molar-refractivity contribution in [2.45, 2.75) is 47.1 Å². The molecular formula is C14H26N4O. The third kappa shape index (κ3) is 5.77. The molecule has 0 saturated heterocycles. The van der Waals surface area contributed by atoms with Crippen molar-refractivity contribution in [3.8, 4) is 0 Å². The highest BCUT2D eigenvalue weighted by Crippen LogP contribution is 2.07. The highest BCUT2D eigenvalue weighted by Gasteiger charge is 2.06. The maximum Gasteiger partial charge on any atom is 0.214 e. The van der Waals surface area contributed by atoms with Gasteiger partial charge < -0.3 is 15.1 Å². The minimum Gasteiger partial charge on any atom is -0.444 e. The van der Waals surface area contributed by atoms with Gasteiger partial charge in [-0.2, -0.15) is 0 Å².